The molecule has 6 heteroatoms. The van der Waals surface area contributed by atoms with Gasteiger partial charge in [-0.15, -0.1) is 0 Å². The van der Waals surface area contributed by atoms with Crippen molar-refractivity contribution in [2.45, 2.75) is 24.8 Å². The fourth-order valence-electron chi connectivity index (χ4n) is 3.91. The number of hydrogen-bond acceptors (Lipinski definition) is 3. The molecule has 2 aromatic rings. The first-order chi connectivity index (χ1) is 12.5. The molecule has 1 N–H and O–H groups in total. The first kappa shape index (κ1) is 16.9. The van der Waals surface area contributed by atoms with Crippen molar-refractivity contribution in [3.8, 4) is 5.75 Å². The van der Waals surface area contributed by atoms with Crippen LogP contribution in [0, 0.1) is 5.92 Å². The molecule has 2 amide bonds. The van der Waals surface area contributed by atoms with E-state index in [-0.39, 0.29) is 11.8 Å². The Kier molecular flexibility index (Phi) is 4.11. The minimum absolute atomic E-state index is 0.152. The molecule has 0 radical (unpaired) electrons. The van der Waals surface area contributed by atoms with Crippen molar-refractivity contribution in [2.75, 3.05) is 17.3 Å². The Morgan fingerprint density at radius 3 is 2.35 bits per heavy atom. The minimum atomic E-state index is -0.644. The van der Waals surface area contributed by atoms with Crippen LogP contribution in [0.2, 0.25) is 5.02 Å². The van der Waals surface area contributed by atoms with E-state index in [0.29, 0.717) is 10.7 Å². The molecular formula is C20H19ClN2O3. The summed E-state index contributed by atoms with van der Waals surface area (Å²) in [5.41, 5.74) is 1.05. The van der Waals surface area contributed by atoms with Gasteiger partial charge in [-0.05, 0) is 67.8 Å². The summed E-state index contributed by atoms with van der Waals surface area (Å²) >= 11 is 5.88. The summed E-state index contributed by atoms with van der Waals surface area (Å²) in [6.45, 7) is 0. The summed E-state index contributed by atoms with van der Waals surface area (Å²) < 4.78 is 5.18. The Hall–Kier alpha value is -2.53. The monoisotopic (exact) mass is 370 g/mol. The number of carbonyl (C=O) groups excluding carboxylic acids is 2. The maximum atomic E-state index is 12.8. The number of halogens is 1. The van der Waals surface area contributed by atoms with Crippen LogP contribution < -0.4 is 15.0 Å². The number of rotatable bonds is 4. The van der Waals surface area contributed by atoms with Crippen LogP contribution in [0.1, 0.15) is 19.3 Å². The lowest BCUT2D eigenvalue weighted by molar-refractivity contribution is -0.147. The van der Waals surface area contributed by atoms with Crippen molar-refractivity contribution < 1.29 is 14.3 Å². The third-order valence-electron chi connectivity index (χ3n) is 5.37. The highest BCUT2D eigenvalue weighted by Gasteiger charge is 2.66. The van der Waals surface area contributed by atoms with Crippen LogP contribution in [0.4, 0.5) is 11.4 Å². The standard InChI is InChI=1S/C20H19ClN2O3/c1-26-16-9-7-15(8-10-16)23-19(25)17(20(23)11-2-12-20)18(24)22-14-5-3-13(21)4-6-14/h3-10,17H,2,11-12H2,1H3,(H,22,24). The van der Waals surface area contributed by atoms with E-state index in [4.69, 9.17) is 16.3 Å². The number of amides is 2. The molecule has 4 rings (SSSR count). The van der Waals surface area contributed by atoms with Gasteiger partial charge in [0, 0.05) is 16.4 Å². The van der Waals surface area contributed by atoms with Crippen LogP contribution in [-0.4, -0.2) is 24.5 Å². The molecule has 1 aliphatic heterocycles. The molecule has 1 heterocycles. The summed E-state index contributed by atoms with van der Waals surface area (Å²) in [7, 11) is 1.61. The summed E-state index contributed by atoms with van der Waals surface area (Å²) in [6.07, 6.45) is 2.69. The van der Waals surface area contributed by atoms with Crippen molar-refractivity contribution >= 4 is 34.8 Å². The average Bonchev–Trinajstić information content (AvgIpc) is 2.60. The van der Waals surface area contributed by atoms with Crippen molar-refractivity contribution in [2.24, 2.45) is 5.92 Å². The van der Waals surface area contributed by atoms with E-state index in [0.717, 1.165) is 30.7 Å². The summed E-state index contributed by atoms with van der Waals surface area (Å²) in [4.78, 5) is 27.4. The van der Waals surface area contributed by atoms with Crippen molar-refractivity contribution in [3.63, 3.8) is 0 Å². The molecule has 1 unspecified atom stereocenters. The zero-order valence-electron chi connectivity index (χ0n) is 14.4. The third kappa shape index (κ3) is 2.54. The van der Waals surface area contributed by atoms with Gasteiger partial charge in [0.05, 0.1) is 12.6 Å². The van der Waals surface area contributed by atoms with Gasteiger partial charge in [-0.2, -0.15) is 0 Å². The molecule has 134 valence electrons. The predicted octanol–water partition coefficient (Wildman–Crippen LogP) is 3.87. The Morgan fingerprint density at radius 1 is 1.15 bits per heavy atom. The first-order valence-corrected chi connectivity index (χ1v) is 8.97. The number of ether oxygens (including phenoxy) is 1. The number of anilines is 2. The Balaban J connectivity index is 1.55. The highest BCUT2D eigenvalue weighted by Crippen LogP contribution is 2.54. The maximum Gasteiger partial charge on any atom is 0.242 e. The molecule has 1 atom stereocenters. The first-order valence-electron chi connectivity index (χ1n) is 8.60. The molecule has 2 aliphatic rings. The van der Waals surface area contributed by atoms with Crippen LogP contribution >= 0.6 is 11.6 Å². The largest absolute Gasteiger partial charge is 0.497 e. The lowest BCUT2D eigenvalue weighted by atomic mass is 9.59. The minimum Gasteiger partial charge on any atom is -0.497 e. The van der Waals surface area contributed by atoms with Crippen molar-refractivity contribution in [1.29, 1.82) is 0 Å². The van der Waals surface area contributed by atoms with E-state index >= 15 is 0 Å². The molecule has 1 saturated heterocycles. The number of nitrogens with one attached hydrogen (secondary N) is 1. The molecule has 0 aromatic heterocycles. The van der Waals surface area contributed by atoms with Crippen molar-refractivity contribution in [3.05, 3.63) is 53.6 Å². The van der Waals surface area contributed by atoms with E-state index < -0.39 is 11.5 Å². The fraction of sp³-hybridized carbons (Fsp3) is 0.300. The number of benzene rings is 2. The highest BCUT2D eigenvalue weighted by molar-refractivity contribution is 6.30. The van der Waals surface area contributed by atoms with Gasteiger partial charge in [0.15, 0.2) is 0 Å². The fourth-order valence-corrected chi connectivity index (χ4v) is 4.04. The lowest BCUT2D eigenvalue weighted by Gasteiger charge is -2.61. The van der Waals surface area contributed by atoms with E-state index in [2.05, 4.69) is 5.32 Å². The lowest BCUT2D eigenvalue weighted by Crippen LogP contribution is -2.77. The zero-order valence-corrected chi connectivity index (χ0v) is 15.1. The van der Waals surface area contributed by atoms with Gasteiger partial charge < -0.3 is 15.0 Å². The van der Waals surface area contributed by atoms with Gasteiger partial charge in [-0.1, -0.05) is 11.6 Å². The van der Waals surface area contributed by atoms with Crippen LogP contribution in [0.3, 0.4) is 0 Å². The van der Waals surface area contributed by atoms with Crippen LogP contribution in [0.15, 0.2) is 48.5 Å². The molecule has 26 heavy (non-hydrogen) atoms. The SMILES string of the molecule is COc1ccc(N2C(=O)C(C(=O)Nc3ccc(Cl)cc3)C23CCC3)cc1. The predicted molar refractivity (Wildman–Crippen MR) is 101 cm³/mol. The van der Waals surface area contributed by atoms with Crippen LogP contribution in [-0.2, 0) is 9.59 Å². The van der Waals surface area contributed by atoms with Gasteiger partial charge in [0.2, 0.25) is 11.8 Å². The second-order valence-electron chi connectivity index (χ2n) is 6.76. The van der Waals surface area contributed by atoms with E-state index in [1.807, 2.05) is 24.3 Å². The molecular weight excluding hydrogens is 352 g/mol. The average molecular weight is 371 g/mol. The molecule has 2 fully saturated rings. The normalized spacial score (nSPS) is 20.3. The van der Waals surface area contributed by atoms with E-state index in [9.17, 15) is 9.59 Å². The number of carbonyl (C=O) groups is 2. The summed E-state index contributed by atoms with van der Waals surface area (Å²) in [5.74, 6) is -0.307. The number of nitrogens with zero attached hydrogens (tertiary/aromatic N) is 1. The molecule has 1 saturated carbocycles. The van der Waals surface area contributed by atoms with Crippen LogP contribution in [0.25, 0.3) is 0 Å². The van der Waals surface area contributed by atoms with Gasteiger partial charge in [-0.3, -0.25) is 9.59 Å². The second kappa shape index (κ2) is 6.32. The van der Waals surface area contributed by atoms with Gasteiger partial charge in [0.25, 0.3) is 0 Å². The highest BCUT2D eigenvalue weighted by atomic mass is 35.5. The number of β-lactam (4-membered cyclic amide) rings is 1. The summed E-state index contributed by atoms with van der Waals surface area (Å²) in [6, 6.07) is 14.3. The smallest absolute Gasteiger partial charge is 0.242 e. The molecule has 5 nitrogen and oxygen atoms in total. The number of hydrogen-bond donors (Lipinski definition) is 1. The van der Waals surface area contributed by atoms with E-state index in [1.165, 1.54) is 0 Å². The molecule has 2 aromatic carbocycles. The van der Waals surface area contributed by atoms with Gasteiger partial charge in [-0.25, -0.2) is 0 Å². The molecule has 1 aliphatic carbocycles. The van der Waals surface area contributed by atoms with E-state index in [1.54, 1.807) is 36.3 Å². The maximum absolute atomic E-state index is 12.8. The second-order valence-corrected chi connectivity index (χ2v) is 7.19. The number of methoxy groups -OCH3 is 1. The molecule has 1 spiro atoms. The Morgan fingerprint density at radius 2 is 1.81 bits per heavy atom. The van der Waals surface area contributed by atoms with Gasteiger partial charge >= 0.3 is 0 Å². The topological polar surface area (TPSA) is 58.6 Å². The van der Waals surface area contributed by atoms with Gasteiger partial charge in [0.1, 0.15) is 11.7 Å². The Labute approximate surface area is 156 Å². The zero-order chi connectivity index (χ0) is 18.3. The van der Waals surface area contributed by atoms with Crippen molar-refractivity contribution in [1.82, 2.24) is 0 Å². The Bertz CT molecular complexity index is 844. The third-order valence-corrected chi connectivity index (χ3v) is 5.63. The van der Waals surface area contributed by atoms with Crippen LogP contribution in [0.5, 0.6) is 5.75 Å². The quantitative estimate of drug-likeness (QED) is 0.656. The summed E-state index contributed by atoms with van der Waals surface area (Å²) in [5, 5.41) is 3.45. The molecule has 0 bridgehead atoms.